The molecule has 0 fully saturated rings. The molecule has 0 saturated carbocycles. The van der Waals surface area contributed by atoms with E-state index in [1.54, 1.807) is 0 Å². The molecule has 3 aromatic rings. The zero-order chi connectivity index (χ0) is 17.6. The summed E-state index contributed by atoms with van der Waals surface area (Å²) in [5, 5.41) is 2.88. The molecule has 0 spiro atoms. The number of fused-ring (bicyclic) bond motifs is 1. The minimum atomic E-state index is 0.0306. The lowest BCUT2D eigenvalue weighted by atomic mass is 10.1. The average molecular weight is 336 g/mol. The molecule has 1 amide bonds. The number of hydrogen-bond donors (Lipinski definition) is 2. The van der Waals surface area contributed by atoms with Crippen molar-refractivity contribution in [2.75, 3.05) is 6.54 Å². The van der Waals surface area contributed by atoms with Crippen LogP contribution in [0.5, 0.6) is 0 Å². The molecule has 0 aliphatic carbocycles. The van der Waals surface area contributed by atoms with Crippen molar-refractivity contribution in [1.82, 2.24) is 10.3 Å². The third-order valence-corrected chi connectivity index (χ3v) is 4.20. The van der Waals surface area contributed by atoms with Crippen LogP contribution >= 0.6 is 0 Å². The molecule has 128 valence electrons. The predicted molar refractivity (Wildman–Crippen MR) is 96.3 cm³/mol. The number of para-hydroxylation sites is 2. The van der Waals surface area contributed by atoms with Crippen LogP contribution in [-0.4, -0.2) is 23.2 Å². The van der Waals surface area contributed by atoms with E-state index >= 15 is 0 Å². The predicted octanol–water partition coefficient (Wildman–Crippen LogP) is 2.41. The number of nitrogens with one attached hydrogen (secondary N) is 2. The van der Waals surface area contributed by atoms with Gasteiger partial charge in [-0.3, -0.25) is 9.59 Å². The van der Waals surface area contributed by atoms with Crippen molar-refractivity contribution in [1.29, 1.82) is 0 Å². The number of H-pyrrole nitrogens is 1. The van der Waals surface area contributed by atoms with Gasteiger partial charge < -0.3 is 5.32 Å². The van der Waals surface area contributed by atoms with Crippen LogP contribution in [0.15, 0.2) is 54.6 Å². The Hall–Kier alpha value is -2.95. The second-order valence-electron chi connectivity index (χ2n) is 5.92. The second-order valence-corrected chi connectivity index (χ2v) is 5.92. The maximum Gasteiger partial charge on any atom is 0.257 e. The van der Waals surface area contributed by atoms with Gasteiger partial charge in [0, 0.05) is 18.5 Å². The number of aromatic amines is 1. The zero-order valence-electron chi connectivity index (χ0n) is 14.3. The van der Waals surface area contributed by atoms with Crippen LogP contribution in [0.3, 0.4) is 0 Å². The van der Waals surface area contributed by atoms with E-state index in [9.17, 15) is 9.59 Å². The lowest BCUT2D eigenvalue weighted by Gasteiger charge is -2.04. The van der Waals surface area contributed by atoms with Gasteiger partial charge in [0.2, 0.25) is 11.7 Å². The van der Waals surface area contributed by atoms with Crippen LogP contribution in [0, 0.1) is 0 Å². The summed E-state index contributed by atoms with van der Waals surface area (Å²) in [5.74, 6) is 1.03. The Labute approximate surface area is 146 Å². The van der Waals surface area contributed by atoms with Crippen molar-refractivity contribution in [3.8, 4) is 0 Å². The lowest BCUT2D eigenvalue weighted by Crippen LogP contribution is -2.42. The number of amides is 1. The number of ketones is 1. The van der Waals surface area contributed by atoms with E-state index in [0.29, 0.717) is 24.9 Å². The normalized spacial score (nSPS) is 10.8. The van der Waals surface area contributed by atoms with Crippen LogP contribution in [-0.2, 0) is 17.8 Å². The zero-order valence-corrected chi connectivity index (χ0v) is 14.3. The molecule has 5 nitrogen and oxygen atoms in total. The first kappa shape index (κ1) is 16.9. The number of carbonyl (C=O) groups is 2. The van der Waals surface area contributed by atoms with Crippen molar-refractivity contribution in [2.45, 2.75) is 26.3 Å². The first-order valence-electron chi connectivity index (χ1n) is 8.53. The smallest absolute Gasteiger partial charge is 0.257 e. The monoisotopic (exact) mass is 336 g/mol. The molecule has 0 radical (unpaired) electrons. The standard InChI is InChI=1S/C20H21N3O2/c1-2-20(25)21-13-12-19-22-16-10-6-7-11-17(16)23(19)14-18(24)15-8-4-3-5-9-15/h3-11H,2,12-14H2,1H3,(H,21,25)/p+1. The average Bonchev–Trinajstić information content (AvgIpc) is 3.00. The van der Waals surface area contributed by atoms with Crippen molar-refractivity contribution in [2.24, 2.45) is 0 Å². The Morgan fingerprint density at radius 2 is 1.76 bits per heavy atom. The fraction of sp³-hybridized carbons (Fsp3) is 0.250. The summed E-state index contributed by atoms with van der Waals surface area (Å²) in [4.78, 5) is 27.4. The molecular formula is C20H22N3O2+. The second kappa shape index (κ2) is 7.75. The summed E-state index contributed by atoms with van der Waals surface area (Å²) in [6.07, 6.45) is 1.11. The van der Waals surface area contributed by atoms with Gasteiger partial charge >= 0.3 is 0 Å². The molecule has 0 atom stereocenters. The SMILES string of the molecule is CCC(=O)NCCc1[nH]c2ccccc2[n+]1CC(=O)c1ccccc1. The number of hydrogen-bond acceptors (Lipinski definition) is 2. The first-order chi connectivity index (χ1) is 12.2. The van der Waals surface area contributed by atoms with Crippen molar-refractivity contribution >= 4 is 22.7 Å². The molecule has 1 aromatic heterocycles. The maximum absolute atomic E-state index is 12.6. The largest absolute Gasteiger partial charge is 0.355 e. The summed E-state index contributed by atoms with van der Waals surface area (Å²) in [5.41, 5.74) is 2.68. The minimum absolute atomic E-state index is 0.0306. The molecule has 0 bridgehead atoms. The van der Waals surface area contributed by atoms with Crippen molar-refractivity contribution in [3.05, 3.63) is 66.0 Å². The van der Waals surface area contributed by atoms with Gasteiger partial charge in [-0.2, -0.15) is 0 Å². The van der Waals surface area contributed by atoms with E-state index in [0.717, 1.165) is 16.9 Å². The molecule has 0 aliphatic rings. The van der Waals surface area contributed by atoms with Crippen LogP contribution < -0.4 is 9.88 Å². The number of carbonyl (C=O) groups excluding carboxylic acids is 2. The number of Topliss-reactive ketones (excluding diaryl/α,β-unsaturated/α-hetero) is 1. The highest BCUT2D eigenvalue weighted by atomic mass is 16.1. The summed E-state index contributed by atoms with van der Waals surface area (Å²) >= 11 is 0. The van der Waals surface area contributed by atoms with Gasteiger partial charge in [-0.25, -0.2) is 9.55 Å². The fourth-order valence-electron chi connectivity index (χ4n) is 2.87. The molecule has 0 aliphatic heterocycles. The van der Waals surface area contributed by atoms with Gasteiger partial charge in [0.15, 0.2) is 17.6 Å². The molecule has 1 heterocycles. The first-order valence-corrected chi connectivity index (χ1v) is 8.53. The maximum atomic E-state index is 12.6. The number of rotatable bonds is 7. The quantitative estimate of drug-likeness (QED) is 0.514. The summed E-state index contributed by atoms with van der Waals surface area (Å²) < 4.78 is 2.00. The molecule has 25 heavy (non-hydrogen) atoms. The number of aromatic nitrogens is 2. The van der Waals surface area contributed by atoms with Crippen molar-refractivity contribution in [3.63, 3.8) is 0 Å². The summed E-state index contributed by atoms with van der Waals surface area (Å²) in [7, 11) is 0. The topological polar surface area (TPSA) is 65.8 Å². The van der Waals surface area contributed by atoms with Gasteiger partial charge in [-0.05, 0) is 12.1 Å². The van der Waals surface area contributed by atoms with Crippen LogP contribution in [0.25, 0.3) is 11.0 Å². The molecule has 3 rings (SSSR count). The number of nitrogens with zero attached hydrogens (tertiary/aromatic N) is 1. The van der Waals surface area contributed by atoms with Crippen LogP contribution in [0.2, 0.25) is 0 Å². The van der Waals surface area contributed by atoms with E-state index in [-0.39, 0.29) is 18.2 Å². The van der Waals surface area contributed by atoms with Gasteiger partial charge in [-0.1, -0.05) is 49.4 Å². The molecule has 0 unspecified atom stereocenters. The Balaban J connectivity index is 1.85. The fourth-order valence-corrected chi connectivity index (χ4v) is 2.87. The highest BCUT2D eigenvalue weighted by molar-refractivity contribution is 5.95. The molecular weight excluding hydrogens is 314 g/mol. The number of benzene rings is 2. The van der Waals surface area contributed by atoms with E-state index in [1.807, 2.05) is 66.1 Å². The van der Waals surface area contributed by atoms with E-state index in [4.69, 9.17) is 0 Å². The molecule has 2 N–H and O–H groups in total. The van der Waals surface area contributed by atoms with Gasteiger partial charge in [0.05, 0.1) is 6.42 Å². The van der Waals surface area contributed by atoms with Gasteiger partial charge in [0.1, 0.15) is 0 Å². The highest BCUT2D eigenvalue weighted by Crippen LogP contribution is 2.10. The third kappa shape index (κ3) is 3.94. The van der Waals surface area contributed by atoms with Crippen molar-refractivity contribution < 1.29 is 14.2 Å². The Morgan fingerprint density at radius 3 is 2.52 bits per heavy atom. The van der Waals surface area contributed by atoms with Crippen LogP contribution in [0.4, 0.5) is 0 Å². The van der Waals surface area contributed by atoms with E-state index < -0.39 is 0 Å². The Bertz CT molecular complexity index is 884. The number of imidazole rings is 1. The summed E-state index contributed by atoms with van der Waals surface area (Å²) in [6.45, 7) is 2.64. The molecule has 2 aromatic carbocycles. The van der Waals surface area contributed by atoms with Crippen LogP contribution in [0.1, 0.15) is 29.5 Å². The minimum Gasteiger partial charge on any atom is -0.355 e. The van der Waals surface area contributed by atoms with Gasteiger partial charge in [0.25, 0.3) is 5.82 Å². The molecule has 5 heteroatoms. The van der Waals surface area contributed by atoms with E-state index in [2.05, 4.69) is 10.3 Å². The Morgan fingerprint density at radius 1 is 1.04 bits per heavy atom. The Kier molecular flexibility index (Phi) is 5.23. The highest BCUT2D eigenvalue weighted by Gasteiger charge is 2.21. The van der Waals surface area contributed by atoms with E-state index in [1.165, 1.54) is 0 Å². The lowest BCUT2D eigenvalue weighted by molar-refractivity contribution is -0.664. The molecule has 0 saturated heterocycles. The third-order valence-electron chi connectivity index (χ3n) is 4.20. The summed E-state index contributed by atoms with van der Waals surface area (Å²) in [6, 6.07) is 17.2. The van der Waals surface area contributed by atoms with Gasteiger partial charge in [-0.15, -0.1) is 0 Å².